The minimum atomic E-state index is -3.18. The molecule has 1 aliphatic rings. The van der Waals surface area contributed by atoms with E-state index in [-0.39, 0.29) is 0 Å². The lowest BCUT2D eigenvalue weighted by Crippen LogP contribution is -2.37. The predicted molar refractivity (Wildman–Crippen MR) is 52.5 cm³/mol. The molecule has 1 fully saturated rings. The Morgan fingerprint density at radius 1 is 1.46 bits per heavy atom. The van der Waals surface area contributed by atoms with E-state index in [1.54, 1.807) is 0 Å². The molecule has 0 aromatic carbocycles. The summed E-state index contributed by atoms with van der Waals surface area (Å²) in [6.45, 7) is 5.60. The Labute approximate surface area is 80.5 Å². The maximum Gasteiger partial charge on any atom is 0.279 e. The third kappa shape index (κ3) is 2.42. The molecule has 1 heterocycles. The van der Waals surface area contributed by atoms with Crippen LogP contribution in [0.1, 0.15) is 20.3 Å². The molecule has 0 spiro atoms. The molecule has 13 heavy (non-hydrogen) atoms. The Morgan fingerprint density at radius 3 is 2.46 bits per heavy atom. The Morgan fingerprint density at radius 2 is 2.08 bits per heavy atom. The maximum absolute atomic E-state index is 11.4. The van der Waals surface area contributed by atoms with Gasteiger partial charge in [-0.3, -0.25) is 0 Å². The van der Waals surface area contributed by atoms with E-state index in [1.165, 1.54) is 11.4 Å². The number of rotatable bonds is 3. The van der Waals surface area contributed by atoms with Crippen molar-refractivity contribution in [3.05, 3.63) is 0 Å². The Kier molecular flexibility index (Phi) is 3.32. The first-order valence-corrected chi connectivity index (χ1v) is 6.10. The molecule has 0 aromatic heterocycles. The van der Waals surface area contributed by atoms with Gasteiger partial charge in [0.25, 0.3) is 10.2 Å². The van der Waals surface area contributed by atoms with Crippen molar-refractivity contribution < 1.29 is 8.42 Å². The van der Waals surface area contributed by atoms with E-state index in [4.69, 9.17) is 0 Å². The van der Waals surface area contributed by atoms with Crippen LogP contribution in [0.25, 0.3) is 0 Å². The van der Waals surface area contributed by atoms with Crippen LogP contribution in [0.4, 0.5) is 0 Å². The summed E-state index contributed by atoms with van der Waals surface area (Å²) >= 11 is 0. The number of nitrogens with zero attached hydrogens (tertiary/aromatic N) is 1. The van der Waals surface area contributed by atoms with Gasteiger partial charge in [-0.1, -0.05) is 13.8 Å². The number of hydrogen-bond donors (Lipinski definition) is 1. The first kappa shape index (κ1) is 10.9. The zero-order valence-electron chi connectivity index (χ0n) is 8.45. The second-order valence-electron chi connectivity index (χ2n) is 3.86. The molecular formula is C8H18N2O2S. The number of nitrogens with one attached hydrogen (secondary N) is 1. The van der Waals surface area contributed by atoms with Gasteiger partial charge in [0.15, 0.2) is 0 Å². The molecule has 1 saturated heterocycles. The third-order valence-electron chi connectivity index (χ3n) is 2.73. The molecule has 5 heteroatoms. The third-order valence-corrected chi connectivity index (χ3v) is 4.26. The number of hydrogen-bond acceptors (Lipinski definition) is 2. The smallest absolute Gasteiger partial charge is 0.205 e. The van der Waals surface area contributed by atoms with Gasteiger partial charge in [-0.05, 0) is 18.3 Å². The van der Waals surface area contributed by atoms with Crippen molar-refractivity contribution in [1.29, 1.82) is 0 Å². The van der Waals surface area contributed by atoms with Crippen LogP contribution in [0.3, 0.4) is 0 Å². The molecule has 78 valence electrons. The average molecular weight is 206 g/mol. The van der Waals surface area contributed by atoms with Gasteiger partial charge in [0, 0.05) is 20.1 Å². The van der Waals surface area contributed by atoms with E-state index < -0.39 is 10.2 Å². The highest BCUT2D eigenvalue weighted by Crippen LogP contribution is 2.24. The van der Waals surface area contributed by atoms with Crippen molar-refractivity contribution in [2.24, 2.45) is 11.8 Å². The van der Waals surface area contributed by atoms with Gasteiger partial charge >= 0.3 is 0 Å². The highest BCUT2D eigenvalue weighted by Gasteiger charge is 2.31. The molecule has 0 radical (unpaired) electrons. The van der Waals surface area contributed by atoms with Crippen molar-refractivity contribution in [2.45, 2.75) is 20.3 Å². The van der Waals surface area contributed by atoms with Crippen molar-refractivity contribution in [3.8, 4) is 0 Å². The molecule has 1 atom stereocenters. The van der Waals surface area contributed by atoms with Gasteiger partial charge in [-0.15, -0.1) is 0 Å². The quantitative estimate of drug-likeness (QED) is 0.728. The van der Waals surface area contributed by atoms with Crippen LogP contribution in [0.5, 0.6) is 0 Å². The van der Waals surface area contributed by atoms with Crippen LogP contribution in [0.2, 0.25) is 0 Å². The van der Waals surface area contributed by atoms with Gasteiger partial charge in [-0.25, -0.2) is 4.72 Å². The molecule has 0 amide bonds. The molecule has 0 bridgehead atoms. The molecule has 1 N–H and O–H groups in total. The molecule has 0 aromatic rings. The molecule has 0 aliphatic carbocycles. The van der Waals surface area contributed by atoms with Crippen molar-refractivity contribution in [3.63, 3.8) is 0 Å². The fourth-order valence-corrected chi connectivity index (χ4v) is 2.64. The maximum atomic E-state index is 11.4. The van der Waals surface area contributed by atoms with Crippen LogP contribution in [-0.4, -0.2) is 32.9 Å². The van der Waals surface area contributed by atoms with E-state index in [1.807, 2.05) is 0 Å². The highest BCUT2D eigenvalue weighted by molar-refractivity contribution is 7.87. The Hall–Kier alpha value is -0.130. The van der Waals surface area contributed by atoms with E-state index in [2.05, 4.69) is 18.6 Å². The second-order valence-corrected chi connectivity index (χ2v) is 5.73. The fraction of sp³-hybridized carbons (Fsp3) is 1.00. The zero-order chi connectivity index (χ0) is 10.1. The molecule has 1 rings (SSSR count). The summed E-state index contributed by atoms with van der Waals surface area (Å²) < 4.78 is 26.6. The summed E-state index contributed by atoms with van der Waals surface area (Å²) in [4.78, 5) is 0. The normalized spacial score (nSPS) is 25.7. The first-order chi connectivity index (χ1) is 5.97. The Balaban J connectivity index is 2.60. The molecule has 1 aliphatic heterocycles. The van der Waals surface area contributed by atoms with Crippen LogP contribution >= 0.6 is 0 Å². The second kappa shape index (κ2) is 3.94. The largest absolute Gasteiger partial charge is 0.279 e. The topological polar surface area (TPSA) is 49.4 Å². The Bertz CT molecular complexity index is 261. The van der Waals surface area contributed by atoms with Gasteiger partial charge in [0.2, 0.25) is 0 Å². The predicted octanol–water partition coefficient (Wildman–Crippen LogP) is 0.428. The van der Waals surface area contributed by atoms with Gasteiger partial charge in [-0.2, -0.15) is 12.7 Å². The SMILES string of the molecule is CNS(=O)(=O)N1CCC(C(C)C)C1. The summed E-state index contributed by atoms with van der Waals surface area (Å²) in [7, 11) is -1.72. The van der Waals surface area contributed by atoms with Gasteiger partial charge in [0.05, 0.1) is 0 Å². The van der Waals surface area contributed by atoms with Gasteiger partial charge < -0.3 is 0 Å². The minimum absolute atomic E-state index is 0.517. The summed E-state index contributed by atoms with van der Waals surface area (Å²) in [5.74, 6) is 1.08. The summed E-state index contributed by atoms with van der Waals surface area (Å²) in [5.41, 5.74) is 0. The van der Waals surface area contributed by atoms with Crippen LogP contribution in [0.15, 0.2) is 0 Å². The lowest BCUT2D eigenvalue weighted by molar-refractivity contribution is 0.387. The summed E-state index contributed by atoms with van der Waals surface area (Å²) in [5, 5.41) is 0. The lowest BCUT2D eigenvalue weighted by Gasteiger charge is -2.16. The summed E-state index contributed by atoms with van der Waals surface area (Å²) in [6, 6.07) is 0. The van der Waals surface area contributed by atoms with E-state index in [0.29, 0.717) is 24.9 Å². The zero-order valence-corrected chi connectivity index (χ0v) is 9.26. The molecular weight excluding hydrogens is 188 g/mol. The van der Waals surface area contributed by atoms with Crippen LogP contribution in [-0.2, 0) is 10.2 Å². The lowest BCUT2D eigenvalue weighted by atomic mass is 9.96. The minimum Gasteiger partial charge on any atom is -0.205 e. The first-order valence-electron chi connectivity index (χ1n) is 4.66. The van der Waals surface area contributed by atoms with Gasteiger partial charge in [0.1, 0.15) is 0 Å². The fourth-order valence-electron chi connectivity index (χ4n) is 1.65. The highest BCUT2D eigenvalue weighted by atomic mass is 32.2. The molecule has 1 unspecified atom stereocenters. The molecule has 0 saturated carbocycles. The van der Waals surface area contributed by atoms with Crippen molar-refractivity contribution in [1.82, 2.24) is 9.03 Å². The molecule has 4 nitrogen and oxygen atoms in total. The van der Waals surface area contributed by atoms with Crippen molar-refractivity contribution in [2.75, 3.05) is 20.1 Å². The van der Waals surface area contributed by atoms with E-state index in [9.17, 15) is 8.42 Å². The summed E-state index contributed by atoms with van der Waals surface area (Å²) in [6.07, 6.45) is 0.985. The van der Waals surface area contributed by atoms with Crippen LogP contribution in [0, 0.1) is 11.8 Å². The standard InChI is InChI=1S/C8H18N2O2S/c1-7(2)8-4-5-10(6-8)13(11,12)9-3/h7-9H,4-6H2,1-3H3. The van der Waals surface area contributed by atoms with E-state index in [0.717, 1.165) is 6.42 Å². The average Bonchev–Trinajstić information content (AvgIpc) is 2.52. The van der Waals surface area contributed by atoms with E-state index >= 15 is 0 Å². The van der Waals surface area contributed by atoms with Crippen molar-refractivity contribution >= 4 is 10.2 Å². The van der Waals surface area contributed by atoms with Crippen LogP contribution < -0.4 is 4.72 Å². The monoisotopic (exact) mass is 206 g/mol.